The molecular formula is C21H20N4O3S2. The van der Waals surface area contributed by atoms with Crippen LogP contribution in [0.3, 0.4) is 0 Å². The predicted octanol–water partition coefficient (Wildman–Crippen LogP) is 4.44. The zero-order chi connectivity index (χ0) is 21.1. The molecule has 1 amide bonds. The topological polar surface area (TPSA) is 78.3 Å². The standard InChI is InChI=1S/C21H20N4O3S2/c1-25-20(15-11-29-18-7-5-4-6-14(15)18)23-24-21(25)30-12-19(26)22-16-10-13(27-2)8-9-17(16)28-3/h4-11H,12H2,1-3H3,(H,22,26). The SMILES string of the molecule is COc1ccc(OC)c(NC(=O)CSc2nnc(-c3csc4ccccc34)n2C)c1. The largest absolute Gasteiger partial charge is 0.497 e. The first kappa shape index (κ1) is 20.2. The molecule has 7 nitrogen and oxygen atoms in total. The molecule has 154 valence electrons. The Morgan fingerprint density at radius 1 is 1.17 bits per heavy atom. The van der Waals surface area contributed by atoms with Gasteiger partial charge in [-0.05, 0) is 18.2 Å². The summed E-state index contributed by atoms with van der Waals surface area (Å²) in [6, 6.07) is 13.5. The first-order valence-corrected chi connectivity index (χ1v) is 11.0. The van der Waals surface area contributed by atoms with E-state index < -0.39 is 0 Å². The van der Waals surface area contributed by atoms with Crippen molar-refractivity contribution in [3.8, 4) is 22.9 Å². The van der Waals surface area contributed by atoms with Gasteiger partial charge in [0.25, 0.3) is 0 Å². The summed E-state index contributed by atoms with van der Waals surface area (Å²) in [6.07, 6.45) is 0. The van der Waals surface area contributed by atoms with Crippen LogP contribution in [-0.2, 0) is 11.8 Å². The third-order valence-corrected chi connectivity index (χ3v) is 6.55. The van der Waals surface area contributed by atoms with E-state index in [-0.39, 0.29) is 11.7 Å². The lowest BCUT2D eigenvalue weighted by Gasteiger charge is -2.11. The van der Waals surface area contributed by atoms with Crippen LogP contribution < -0.4 is 14.8 Å². The van der Waals surface area contributed by atoms with Gasteiger partial charge < -0.3 is 19.4 Å². The minimum Gasteiger partial charge on any atom is -0.497 e. The van der Waals surface area contributed by atoms with Gasteiger partial charge in [-0.1, -0.05) is 30.0 Å². The first-order valence-electron chi connectivity index (χ1n) is 9.11. The van der Waals surface area contributed by atoms with Gasteiger partial charge in [0.2, 0.25) is 5.91 Å². The Balaban J connectivity index is 1.47. The molecule has 9 heteroatoms. The lowest BCUT2D eigenvalue weighted by atomic mass is 10.2. The maximum Gasteiger partial charge on any atom is 0.234 e. The summed E-state index contributed by atoms with van der Waals surface area (Å²) < 4.78 is 13.6. The van der Waals surface area contributed by atoms with E-state index in [1.807, 2.05) is 23.7 Å². The molecule has 2 aromatic carbocycles. The molecule has 0 fully saturated rings. The fraction of sp³-hybridized carbons (Fsp3) is 0.190. The number of anilines is 1. The second-order valence-corrected chi connectivity index (χ2v) is 8.27. The molecule has 2 heterocycles. The molecule has 0 saturated carbocycles. The average molecular weight is 441 g/mol. The Morgan fingerprint density at radius 2 is 2.00 bits per heavy atom. The number of rotatable bonds is 7. The summed E-state index contributed by atoms with van der Waals surface area (Å²) in [6.45, 7) is 0. The number of carbonyl (C=O) groups is 1. The van der Waals surface area contributed by atoms with Crippen molar-refractivity contribution in [2.75, 3.05) is 25.3 Å². The molecule has 2 aromatic heterocycles. The zero-order valence-corrected chi connectivity index (χ0v) is 18.3. The van der Waals surface area contributed by atoms with Crippen molar-refractivity contribution < 1.29 is 14.3 Å². The number of ether oxygens (including phenoxy) is 2. The fourth-order valence-electron chi connectivity index (χ4n) is 3.05. The molecule has 0 atom stereocenters. The highest BCUT2D eigenvalue weighted by Crippen LogP contribution is 2.34. The molecular weight excluding hydrogens is 420 g/mol. The van der Waals surface area contributed by atoms with Crippen molar-refractivity contribution >= 4 is 44.8 Å². The van der Waals surface area contributed by atoms with E-state index in [1.165, 1.54) is 16.5 Å². The number of amides is 1. The predicted molar refractivity (Wildman–Crippen MR) is 121 cm³/mol. The number of hydrogen-bond donors (Lipinski definition) is 1. The van der Waals surface area contributed by atoms with Crippen LogP contribution in [0.4, 0.5) is 5.69 Å². The Hall–Kier alpha value is -3.04. The summed E-state index contributed by atoms with van der Waals surface area (Å²) in [5, 5.41) is 15.4. The Morgan fingerprint density at radius 3 is 2.80 bits per heavy atom. The number of aromatic nitrogens is 3. The number of nitrogens with zero attached hydrogens (tertiary/aromatic N) is 3. The molecule has 4 rings (SSSR count). The van der Waals surface area contributed by atoms with Crippen molar-refractivity contribution in [3.05, 3.63) is 47.8 Å². The Labute approximate surface area is 182 Å². The number of fused-ring (bicyclic) bond motifs is 1. The number of nitrogens with one attached hydrogen (secondary N) is 1. The van der Waals surface area contributed by atoms with Crippen LogP contribution in [0.1, 0.15) is 0 Å². The summed E-state index contributed by atoms with van der Waals surface area (Å²) >= 11 is 3.01. The van der Waals surface area contributed by atoms with E-state index >= 15 is 0 Å². The summed E-state index contributed by atoms with van der Waals surface area (Å²) in [5.41, 5.74) is 1.61. The molecule has 30 heavy (non-hydrogen) atoms. The molecule has 0 saturated heterocycles. The highest BCUT2D eigenvalue weighted by Gasteiger charge is 2.16. The van der Waals surface area contributed by atoms with Gasteiger partial charge in [0.15, 0.2) is 11.0 Å². The zero-order valence-electron chi connectivity index (χ0n) is 16.7. The van der Waals surface area contributed by atoms with E-state index in [1.54, 1.807) is 43.8 Å². The van der Waals surface area contributed by atoms with Gasteiger partial charge in [0.05, 0.1) is 25.7 Å². The Kier molecular flexibility index (Phi) is 5.91. The highest BCUT2D eigenvalue weighted by molar-refractivity contribution is 7.99. The minimum atomic E-state index is -0.169. The van der Waals surface area contributed by atoms with Crippen molar-refractivity contribution in [1.82, 2.24) is 14.8 Å². The molecule has 0 aliphatic carbocycles. The first-order chi connectivity index (χ1) is 14.6. The van der Waals surface area contributed by atoms with Crippen molar-refractivity contribution in [2.45, 2.75) is 5.16 Å². The van der Waals surface area contributed by atoms with Gasteiger partial charge in [0.1, 0.15) is 11.5 Å². The van der Waals surface area contributed by atoms with Crippen LogP contribution in [0.2, 0.25) is 0 Å². The van der Waals surface area contributed by atoms with Gasteiger partial charge >= 0.3 is 0 Å². The van der Waals surface area contributed by atoms with Gasteiger partial charge in [-0.15, -0.1) is 21.5 Å². The molecule has 0 aliphatic rings. The second-order valence-electron chi connectivity index (χ2n) is 6.41. The van der Waals surface area contributed by atoms with Crippen molar-refractivity contribution in [3.63, 3.8) is 0 Å². The molecule has 0 aliphatic heterocycles. The lowest BCUT2D eigenvalue weighted by Crippen LogP contribution is -2.15. The van der Waals surface area contributed by atoms with Crippen LogP contribution in [0.25, 0.3) is 21.5 Å². The third kappa shape index (κ3) is 3.99. The molecule has 0 radical (unpaired) electrons. The maximum absolute atomic E-state index is 12.5. The van der Waals surface area contributed by atoms with E-state index in [0.717, 1.165) is 16.8 Å². The van der Waals surface area contributed by atoms with Crippen LogP contribution in [0.15, 0.2) is 53.0 Å². The van der Waals surface area contributed by atoms with E-state index in [9.17, 15) is 4.79 Å². The van der Waals surface area contributed by atoms with E-state index in [0.29, 0.717) is 22.3 Å². The highest BCUT2D eigenvalue weighted by atomic mass is 32.2. The van der Waals surface area contributed by atoms with Crippen LogP contribution in [0.5, 0.6) is 11.5 Å². The third-order valence-electron chi connectivity index (χ3n) is 4.57. The summed E-state index contributed by atoms with van der Waals surface area (Å²) in [4.78, 5) is 12.5. The van der Waals surface area contributed by atoms with Crippen LogP contribution in [-0.4, -0.2) is 40.6 Å². The fourth-order valence-corrected chi connectivity index (χ4v) is 4.70. The number of methoxy groups -OCH3 is 2. The quantitative estimate of drug-likeness (QED) is 0.428. The molecule has 1 N–H and O–H groups in total. The number of thioether (sulfide) groups is 1. The monoisotopic (exact) mass is 440 g/mol. The minimum absolute atomic E-state index is 0.169. The number of thiophene rings is 1. The van der Waals surface area contributed by atoms with Gasteiger partial charge in [-0.25, -0.2) is 0 Å². The molecule has 0 unspecified atom stereocenters. The number of benzene rings is 2. The maximum atomic E-state index is 12.5. The van der Waals surface area contributed by atoms with Crippen LogP contribution >= 0.6 is 23.1 Å². The number of hydrogen-bond acceptors (Lipinski definition) is 7. The van der Waals surface area contributed by atoms with Gasteiger partial charge in [-0.2, -0.15) is 0 Å². The molecule has 0 spiro atoms. The lowest BCUT2D eigenvalue weighted by molar-refractivity contribution is -0.113. The van der Waals surface area contributed by atoms with Crippen LogP contribution in [0, 0.1) is 0 Å². The summed E-state index contributed by atoms with van der Waals surface area (Å²) in [7, 11) is 5.04. The van der Waals surface area contributed by atoms with Gasteiger partial charge in [0, 0.05) is 34.1 Å². The van der Waals surface area contributed by atoms with Crippen molar-refractivity contribution in [2.24, 2.45) is 7.05 Å². The summed E-state index contributed by atoms with van der Waals surface area (Å²) in [5.74, 6) is 2.01. The Bertz CT molecular complexity index is 1200. The smallest absolute Gasteiger partial charge is 0.234 e. The normalized spacial score (nSPS) is 10.9. The number of carbonyl (C=O) groups excluding carboxylic acids is 1. The average Bonchev–Trinajstić information content (AvgIpc) is 3.35. The van der Waals surface area contributed by atoms with E-state index in [2.05, 4.69) is 33.0 Å². The molecule has 0 bridgehead atoms. The van der Waals surface area contributed by atoms with E-state index in [4.69, 9.17) is 9.47 Å². The second kappa shape index (κ2) is 8.76. The molecule has 4 aromatic rings. The van der Waals surface area contributed by atoms with Gasteiger partial charge in [-0.3, -0.25) is 4.79 Å². The van der Waals surface area contributed by atoms with Crippen molar-refractivity contribution in [1.29, 1.82) is 0 Å².